The number of nitrogens with zero attached hydrogens (tertiary/aromatic N) is 2. The van der Waals surface area contributed by atoms with Gasteiger partial charge in [-0.1, -0.05) is 48.5 Å². The Morgan fingerprint density at radius 3 is 2.11 bits per heavy atom. The zero-order valence-electron chi connectivity index (χ0n) is 15.6. The summed E-state index contributed by atoms with van der Waals surface area (Å²) in [5, 5.41) is 5.59. The number of para-hydroxylation sites is 1. The fourth-order valence-corrected chi connectivity index (χ4v) is 2.75. The quantitative estimate of drug-likeness (QED) is 0.640. The third-order valence-corrected chi connectivity index (χ3v) is 4.15. The van der Waals surface area contributed by atoms with Crippen LogP contribution in [0, 0.1) is 0 Å². The average Bonchev–Trinajstić information content (AvgIpc) is 2.68. The maximum absolute atomic E-state index is 12.1. The number of benzene rings is 2. The lowest BCUT2D eigenvalue weighted by Crippen LogP contribution is -2.30. The van der Waals surface area contributed by atoms with Gasteiger partial charge in [-0.2, -0.15) is 0 Å². The summed E-state index contributed by atoms with van der Waals surface area (Å²) in [5.74, 6) is 0.878. The third kappa shape index (κ3) is 5.31. The Labute approximate surface area is 160 Å². The zero-order valence-corrected chi connectivity index (χ0v) is 15.6. The lowest BCUT2D eigenvalue weighted by atomic mass is 10.2. The molecule has 27 heavy (non-hydrogen) atoms. The normalized spacial score (nSPS) is 10.5. The first kappa shape index (κ1) is 18.5. The van der Waals surface area contributed by atoms with Crippen LogP contribution in [0.15, 0.2) is 79.0 Å². The SMILES string of the molecule is CC(C)N(Cc1ccccc1)c1ccc(NC(=O)Nc2ccccc2)cn1. The molecular formula is C22H24N4O. The standard InChI is InChI=1S/C22H24N4O/c1-17(2)26(16-18-9-5-3-6-10-18)21-14-13-20(15-23-21)25-22(27)24-19-11-7-4-8-12-19/h3-15,17H,16H2,1-2H3,(H2,24,25,27). The number of carbonyl (C=O) groups excluding carboxylic acids is 1. The van der Waals surface area contributed by atoms with Crippen molar-refractivity contribution in [3.63, 3.8) is 0 Å². The molecule has 0 bridgehead atoms. The van der Waals surface area contributed by atoms with E-state index in [9.17, 15) is 4.79 Å². The number of aromatic nitrogens is 1. The van der Waals surface area contributed by atoms with Crippen molar-refractivity contribution in [2.24, 2.45) is 0 Å². The molecule has 1 aromatic heterocycles. The number of hydrogen-bond acceptors (Lipinski definition) is 3. The van der Waals surface area contributed by atoms with E-state index in [1.54, 1.807) is 6.20 Å². The van der Waals surface area contributed by atoms with E-state index in [-0.39, 0.29) is 6.03 Å². The Bertz CT molecular complexity index is 849. The second-order valence-corrected chi connectivity index (χ2v) is 6.56. The first-order valence-electron chi connectivity index (χ1n) is 9.01. The van der Waals surface area contributed by atoms with Crippen molar-refractivity contribution in [1.29, 1.82) is 0 Å². The number of pyridine rings is 1. The van der Waals surface area contributed by atoms with Crippen molar-refractivity contribution in [3.8, 4) is 0 Å². The highest BCUT2D eigenvalue weighted by atomic mass is 16.2. The summed E-state index contributed by atoms with van der Waals surface area (Å²) in [5.41, 5.74) is 2.63. The van der Waals surface area contributed by atoms with Gasteiger partial charge in [-0.3, -0.25) is 0 Å². The van der Waals surface area contributed by atoms with Crippen molar-refractivity contribution in [2.75, 3.05) is 15.5 Å². The molecule has 2 amide bonds. The summed E-state index contributed by atoms with van der Waals surface area (Å²) in [7, 11) is 0. The fourth-order valence-electron chi connectivity index (χ4n) is 2.75. The maximum Gasteiger partial charge on any atom is 0.323 e. The number of anilines is 3. The number of urea groups is 1. The molecule has 0 aliphatic rings. The molecule has 3 aromatic rings. The molecule has 1 heterocycles. The summed E-state index contributed by atoms with van der Waals surface area (Å²) in [6.45, 7) is 5.07. The van der Waals surface area contributed by atoms with Crippen LogP contribution in [0.4, 0.5) is 22.0 Å². The lowest BCUT2D eigenvalue weighted by Gasteiger charge is -2.28. The average molecular weight is 360 g/mol. The van der Waals surface area contributed by atoms with Crippen LogP contribution in [0.2, 0.25) is 0 Å². The molecule has 0 radical (unpaired) electrons. The van der Waals surface area contributed by atoms with Crippen molar-refractivity contribution < 1.29 is 4.79 Å². The van der Waals surface area contributed by atoms with E-state index in [4.69, 9.17) is 0 Å². The van der Waals surface area contributed by atoms with Gasteiger partial charge in [0, 0.05) is 18.3 Å². The molecule has 0 unspecified atom stereocenters. The van der Waals surface area contributed by atoms with Gasteiger partial charge in [-0.15, -0.1) is 0 Å². The van der Waals surface area contributed by atoms with Crippen LogP contribution in [0.25, 0.3) is 0 Å². The molecule has 0 fully saturated rings. The van der Waals surface area contributed by atoms with E-state index in [0.29, 0.717) is 11.7 Å². The topological polar surface area (TPSA) is 57.3 Å². The van der Waals surface area contributed by atoms with Gasteiger partial charge >= 0.3 is 6.03 Å². The maximum atomic E-state index is 12.1. The molecule has 0 spiro atoms. The van der Waals surface area contributed by atoms with Crippen LogP contribution in [0.3, 0.4) is 0 Å². The van der Waals surface area contributed by atoms with Gasteiger partial charge in [0.25, 0.3) is 0 Å². The summed E-state index contributed by atoms with van der Waals surface area (Å²) >= 11 is 0. The minimum Gasteiger partial charge on any atom is -0.350 e. The van der Waals surface area contributed by atoms with Crippen LogP contribution in [-0.2, 0) is 6.54 Å². The predicted molar refractivity (Wildman–Crippen MR) is 111 cm³/mol. The minimum absolute atomic E-state index is 0.291. The molecular weight excluding hydrogens is 336 g/mol. The molecule has 0 atom stereocenters. The second-order valence-electron chi connectivity index (χ2n) is 6.56. The van der Waals surface area contributed by atoms with Gasteiger partial charge in [0.1, 0.15) is 5.82 Å². The van der Waals surface area contributed by atoms with E-state index in [1.165, 1.54) is 5.56 Å². The number of rotatable bonds is 6. The highest BCUT2D eigenvalue weighted by Crippen LogP contribution is 2.19. The van der Waals surface area contributed by atoms with E-state index in [0.717, 1.165) is 18.1 Å². The van der Waals surface area contributed by atoms with Crippen LogP contribution >= 0.6 is 0 Å². The van der Waals surface area contributed by atoms with E-state index in [2.05, 4.69) is 46.5 Å². The number of hydrogen-bond donors (Lipinski definition) is 2. The molecule has 3 rings (SSSR count). The Balaban J connectivity index is 1.65. The zero-order chi connectivity index (χ0) is 19.1. The molecule has 2 N–H and O–H groups in total. The highest BCUT2D eigenvalue weighted by Gasteiger charge is 2.13. The molecule has 5 nitrogen and oxygen atoms in total. The number of carbonyl (C=O) groups is 1. The van der Waals surface area contributed by atoms with Crippen LogP contribution in [-0.4, -0.2) is 17.1 Å². The van der Waals surface area contributed by atoms with E-state index in [1.807, 2.05) is 60.7 Å². The van der Waals surface area contributed by atoms with E-state index < -0.39 is 0 Å². The smallest absolute Gasteiger partial charge is 0.323 e. The van der Waals surface area contributed by atoms with Gasteiger partial charge in [0.05, 0.1) is 11.9 Å². The fraction of sp³-hybridized carbons (Fsp3) is 0.182. The number of nitrogens with one attached hydrogen (secondary N) is 2. The van der Waals surface area contributed by atoms with Gasteiger partial charge in [-0.05, 0) is 43.7 Å². The van der Waals surface area contributed by atoms with Crippen molar-refractivity contribution in [2.45, 2.75) is 26.4 Å². The predicted octanol–water partition coefficient (Wildman–Crippen LogP) is 5.14. The van der Waals surface area contributed by atoms with Gasteiger partial charge in [0.2, 0.25) is 0 Å². The third-order valence-electron chi connectivity index (χ3n) is 4.15. The van der Waals surface area contributed by atoms with Crippen LogP contribution < -0.4 is 15.5 Å². The number of amides is 2. The van der Waals surface area contributed by atoms with E-state index >= 15 is 0 Å². The first-order chi connectivity index (χ1) is 13.1. The molecule has 0 aliphatic heterocycles. The summed E-state index contributed by atoms with van der Waals surface area (Å²) in [6, 6.07) is 23.5. The van der Waals surface area contributed by atoms with Gasteiger partial charge in [0.15, 0.2) is 0 Å². The largest absolute Gasteiger partial charge is 0.350 e. The Morgan fingerprint density at radius 2 is 1.52 bits per heavy atom. The Morgan fingerprint density at radius 1 is 0.889 bits per heavy atom. The summed E-state index contributed by atoms with van der Waals surface area (Å²) in [4.78, 5) is 18.9. The summed E-state index contributed by atoms with van der Waals surface area (Å²) < 4.78 is 0. The Kier molecular flexibility index (Phi) is 6.05. The van der Waals surface area contributed by atoms with Gasteiger partial charge < -0.3 is 15.5 Å². The first-order valence-corrected chi connectivity index (χ1v) is 9.01. The van der Waals surface area contributed by atoms with Gasteiger partial charge in [-0.25, -0.2) is 9.78 Å². The molecule has 2 aromatic carbocycles. The lowest BCUT2D eigenvalue weighted by molar-refractivity contribution is 0.262. The molecule has 5 heteroatoms. The molecule has 0 saturated carbocycles. The van der Waals surface area contributed by atoms with Crippen molar-refractivity contribution in [1.82, 2.24) is 4.98 Å². The van der Waals surface area contributed by atoms with Crippen molar-refractivity contribution >= 4 is 23.2 Å². The van der Waals surface area contributed by atoms with Crippen LogP contribution in [0.5, 0.6) is 0 Å². The van der Waals surface area contributed by atoms with Crippen LogP contribution in [0.1, 0.15) is 19.4 Å². The monoisotopic (exact) mass is 360 g/mol. The minimum atomic E-state index is -0.291. The molecule has 0 aliphatic carbocycles. The highest BCUT2D eigenvalue weighted by molar-refractivity contribution is 5.99. The summed E-state index contributed by atoms with van der Waals surface area (Å²) in [6.07, 6.45) is 1.68. The molecule has 0 saturated heterocycles. The molecule has 138 valence electrons. The second kappa shape index (κ2) is 8.85. The van der Waals surface area contributed by atoms with Crippen molar-refractivity contribution in [3.05, 3.63) is 84.6 Å². The Hall–Kier alpha value is -3.34.